The Hall–Kier alpha value is -1.46. The Balaban J connectivity index is 2.24. The van der Waals surface area contributed by atoms with Crippen LogP contribution in [0.25, 0.3) is 5.57 Å². The van der Waals surface area contributed by atoms with Crippen molar-refractivity contribution in [2.75, 3.05) is 4.72 Å². The molecular weight excluding hydrogens is 377 g/mol. The molecule has 1 aliphatic heterocycles. The summed E-state index contributed by atoms with van der Waals surface area (Å²) in [6, 6.07) is 12.4. The van der Waals surface area contributed by atoms with Gasteiger partial charge in [0.1, 0.15) is 17.2 Å². The first-order valence-electron chi connectivity index (χ1n) is 7.38. The molecule has 0 amide bonds. The molecule has 2 aromatic rings. The van der Waals surface area contributed by atoms with Crippen LogP contribution in [0.15, 0.2) is 46.9 Å². The van der Waals surface area contributed by atoms with Gasteiger partial charge >= 0.3 is 0 Å². The lowest BCUT2D eigenvalue weighted by molar-refractivity contribution is 0.129. The maximum atomic E-state index is 13.3. The maximum absolute atomic E-state index is 13.3. The second-order valence-corrected chi connectivity index (χ2v) is 6.72. The van der Waals surface area contributed by atoms with Gasteiger partial charge < -0.3 is 9.46 Å². The van der Waals surface area contributed by atoms with Crippen molar-refractivity contribution in [1.29, 1.82) is 0 Å². The number of anilines is 1. The zero-order valence-corrected chi connectivity index (χ0v) is 15.3. The van der Waals surface area contributed by atoms with Crippen LogP contribution < -0.4 is 9.46 Å². The van der Waals surface area contributed by atoms with Gasteiger partial charge in [-0.2, -0.15) is 0 Å². The van der Waals surface area contributed by atoms with E-state index in [0.717, 1.165) is 39.0 Å². The van der Waals surface area contributed by atoms with Crippen molar-refractivity contribution in [2.24, 2.45) is 0 Å². The van der Waals surface area contributed by atoms with Crippen LogP contribution in [-0.2, 0) is 0 Å². The van der Waals surface area contributed by atoms with Crippen LogP contribution in [-0.4, -0.2) is 5.60 Å². The van der Waals surface area contributed by atoms with Gasteiger partial charge in [-0.1, -0.05) is 47.8 Å². The molecule has 1 unspecified atom stereocenters. The molecule has 2 nitrogen and oxygen atoms in total. The van der Waals surface area contributed by atoms with Gasteiger partial charge in [-0.05, 0) is 43.2 Å². The third kappa shape index (κ3) is 2.88. The first kappa shape index (κ1) is 16.4. The van der Waals surface area contributed by atoms with Crippen LogP contribution in [0.3, 0.4) is 0 Å². The summed E-state index contributed by atoms with van der Waals surface area (Å²) >= 11 is 7.83. The van der Waals surface area contributed by atoms with Crippen molar-refractivity contribution in [3.8, 4) is 5.75 Å². The predicted octanol–water partition coefficient (Wildman–Crippen LogP) is 5.80. The second kappa shape index (κ2) is 6.21. The molecule has 1 atom stereocenters. The van der Waals surface area contributed by atoms with Gasteiger partial charge in [0.2, 0.25) is 0 Å². The average Bonchev–Trinajstić information content (AvgIpc) is 2.57. The summed E-state index contributed by atoms with van der Waals surface area (Å²) in [7, 11) is 0. The summed E-state index contributed by atoms with van der Waals surface area (Å²) in [5.74, 6) is 0.543. The standard InChI is InChI=1S/C18H17BrFNOS/c1-3-18(2)17(19)16(11-4-6-12(20)7-5-11)14-9-8-13(21-23)10-15(14)22-18/h4-10,21,23H,3H2,1-2H3. The zero-order chi connectivity index (χ0) is 16.6. The summed E-state index contributed by atoms with van der Waals surface area (Å²) in [5.41, 5.74) is 3.35. The summed E-state index contributed by atoms with van der Waals surface area (Å²) in [5, 5.41) is 0. The smallest absolute Gasteiger partial charge is 0.138 e. The van der Waals surface area contributed by atoms with E-state index in [-0.39, 0.29) is 5.82 Å². The number of hydrogen-bond acceptors (Lipinski definition) is 3. The molecule has 0 spiro atoms. The van der Waals surface area contributed by atoms with Crippen LogP contribution in [0.2, 0.25) is 0 Å². The molecule has 0 aliphatic carbocycles. The van der Waals surface area contributed by atoms with Crippen molar-refractivity contribution < 1.29 is 9.13 Å². The molecule has 0 fully saturated rings. The monoisotopic (exact) mass is 393 g/mol. The number of ether oxygens (including phenoxy) is 1. The fraction of sp³-hybridized carbons (Fsp3) is 0.222. The lowest BCUT2D eigenvalue weighted by Gasteiger charge is -2.37. The molecule has 1 aliphatic rings. The number of hydrogen-bond donors (Lipinski definition) is 2. The Morgan fingerprint density at radius 3 is 2.52 bits per heavy atom. The highest BCUT2D eigenvalue weighted by Crippen LogP contribution is 2.48. The minimum atomic E-state index is -0.466. The molecule has 0 aromatic heterocycles. The minimum absolute atomic E-state index is 0.245. The van der Waals surface area contributed by atoms with E-state index < -0.39 is 5.60 Å². The van der Waals surface area contributed by atoms with E-state index in [9.17, 15) is 4.39 Å². The van der Waals surface area contributed by atoms with Gasteiger partial charge in [-0.3, -0.25) is 0 Å². The number of fused-ring (bicyclic) bond motifs is 1. The largest absolute Gasteiger partial charge is 0.482 e. The molecular formula is C18H17BrFNOS. The fourth-order valence-electron chi connectivity index (χ4n) is 2.68. The molecule has 2 aromatic carbocycles. The van der Waals surface area contributed by atoms with E-state index in [1.807, 2.05) is 25.1 Å². The Labute approximate surface area is 149 Å². The van der Waals surface area contributed by atoms with Crippen LogP contribution in [0.5, 0.6) is 5.75 Å². The molecule has 0 radical (unpaired) electrons. The number of rotatable bonds is 3. The van der Waals surface area contributed by atoms with E-state index in [2.05, 4.69) is 40.4 Å². The predicted molar refractivity (Wildman–Crippen MR) is 99.7 cm³/mol. The van der Waals surface area contributed by atoms with Gasteiger partial charge in [0.25, 0.3) is 0 Å². The maximum Gasteiger partial charge on any atom is 0.138 e. The molecule has 0 saturated carbocycles. The molecule has 0 saturated heterocycles. The number of thiol groups is 1. The molecule has 0 bridgehead atoms. The summed E-state index contributed by atoms with van der Waals surface area (Å²) in [6.07, 6.45) is 0.802. The second-order valence-electron chi connectivity index (χ2n) is 5.71. The normalized spacial score (nSPS) is 20.0. The Kier molecular flexibility index (Phi) is 4.43. The summed E-state index contributed by atoms with van der Waals surface area (Å²) in [4.78, 5) is 0. The first-order valence-corrected chi connectivity index (χ1v) is 8.62. The van der Waals surface area contributed by atoms with Crippen molar-refractivity contribution in [3.63, 3.8) is 0 Å². The SMILES string of the molecule is CCC1(C)Oc2cc(NS)ccc2C(c2ccc(F)cc2)=C1Br. The molecule has 3 rings (SSSR count). The van der Waals surface area contributed by atoms with E-state index in [4.69, 9.17) is 4.74 Å². The van der Waals surface area contributed by atoms with Crippen molar-refractivity contribution >= 4 is 40.0 Å². The molecule has 23 heavy (non-hydrogen) atoms. The molecule has 5 heteroatoms. The van der Waals surface area contributed by atoms with E-state index in [0.29, 0.717) is 0 Å². The Bertz CT molecular complexity index is 775. The fourth-order valence-corrected chi connectivity index (χ4v) is 3.62. The lowest BCUT2D eigenvalue weighted by atomic mass is 9.88. The number of benzene rings is 2. The Morgan fingerprint density at radius 2 is 1.91 bits per heavy atom. The van der Waals surface area contributed by atoms with Crippen LogP contribution in [0, 0.1) is 5.82 Å². The highest BCUT2D eigenvalue weighted by molar-refractivity contribution is 9.12. The summed E-state index contributed by atoms with van der Waals surface area (Å²) in [6.45, 7) is 4.12. The topological polar surface area (TPSA) is 21.3 Å². The molecule has 120 valence electrons. The van der Waals surface area contributed by atoms with Crippen molar-refractivity contribution in [3.05, 3.63) is 63.9 Å². The van der Waals surface area contributed by atoms with E-state index in [1.54, 1.807) is 12.1 Å². The quantitative estimate of drug-likeness (QED) is 0.643. The van der Waals surface area contributed by atoms with Crippen LogP contribution >= 0.6 is 28.7 Å². The van der Waals surface area contributed by atoms with Crippen LogP contribution in [0.4, 0.5) is 10.1 Å². The van der Waals surface area contributed by atoms with Crippen LogP contribution in [0.1, 0.15) is 31.4 Å². The molecule has 1 N–H and O–H groups in total. The first-order chi connectivity index (χ1) is 11.0. The van der Waals surface area contributed by atoms with Gasteiger partial charge in [0.05, 0.1) is 0 Å². The number of nitrogens with one attached hydrogen (secondary N) is 1. The minimum Gasteiger partial charge on any atom is -0.482 e. The van der Waals surface area contributed by atoms with E-state index in [1.165, 1.54) is 12.1 Å². The lowest BCUT2D eigenvalue weighted by Crippen LogP contribution is -2.35. The van der Waals surface area contributed by atoms with Gasteiger partial charge in [-0.25, -0.2) is 4.39 Å². The van der Waals surface area contributed by atoms with Gasteiger partial charge in [0.15, 0.2) is 0 Å². The van der Waals surface area contributed by atoms with E-state index >= 15 is 0 Å². The summed E-state index contributed by atoms with van der Waals surface area (Å²) < 4.78 is 23.3. The van der Waals surface area contributed by atoms with Crippen molar-refractivity contribution in [2.45, 2.75) is 25.9 Å². The Morgan fingerprint density at radius 1 is 1.22 bits per heavy atom. The van der Waals surface area contributed by atoms with Gasteiger partial charge in [-0.15, -0.1) is 0 Å². The zero-order valence-electron chi connectivity index (χ0n) is 12.9. The third-order valence-electron chi connectivity index (χ3n) is 4.21. The van der Waals surface area contributed by atoms with Gasteiger partial charge in [0, 0.05) is 27.4 Å². The molecule has 1 heterocycles. The highest BCUT2D eigenvalue weighted by Gasteiger charge is 2.36. The highest BCUT2D eigenvalue weighted by atomic mass is 79.9. The third-order valence-corrected chi connectivity index (χ3v) is 5.70. The average molecular weight is 394 g/mol. The van der Waals surface area contributed by atoms with Crippen molar-refractivity contribution in [1.82, 2.24) is 0 Å². The number of halogens is 2.